The van der Waals surface area contributed by atoms with Gasteiger partial charge in [0, 0.05) is 51.2 Å². The van der Waals surface area contributed by atoms with Crippen LogP contribution in [0.2, 0.25) is 0 Å². The predicted octanol–water partition coefficient (Wildman–Crippen LogP) is 15.9. The molecule has 0 fully saturated rings. The maximum Gasteiger partial charge on any atom is 0.252 e. The van der Waals surface area contributed by atoms with Gasteiger partial charge in [0.1, 0.15) is 0 Å². The second-order valence-electron chi connectivity index (χ2n) is 24.5. The van der Waals surface area contributed by atoms with Crippen LogP contribution in [0.1, 0.15) is 141 Å². The van der Waals surface area contributed by atoms with Gasteiger partial charge in [0.05, 0.1) is 0 Å². The lowest BCUT2D eigenvalue weighted by atomic mass is 9.33. The third-order valence-electron chi connectivity index (χ3n) is 16.9. The quantitative estimate of drug-likeness (QED) is 0.159. The Balaban J connectivity index is 1.25. The van der Waals surface area contributed by atoms with E-state index in [9.17, 15) is 0 Å². The summed E-state index contributed by atoms with van der Waals surface area (Å²) >= 11 is 0. The third kappa shape index (κ3) is 6.98. The molecule has 2 aliphatic heterocycles. The van der Waals surface area contributed by atoms with E-state index in [2.05, 4.69) is 244 Å². The van der Waals surface area contributed by atoms with Crippen molar-refractivity contribution in [3.8, 4) is 0 Å². The van der Waals surface area contributed by atoms with Crippen LogP contribution in [-0.4, -0.2) is 6.71 Å². The van der Waals surface area contributed by atoms with E-state index < -0.39 is 0 Å². The van der Waals surface area contributed by atoms with E-state index in [1.807, 2.05) is 0 Å². The van der Waals surface area contributed by atoms with Crippen molar-refractivity contribution in [3.05, 3.63) is 178 Å². The number of hydrogen-bond donors (Lipinski definition) is 0. The van der Waals surface area contributed by atoms with Crippen molar-refractivity contribution in [3.63, 3.8) is 0 Å². The summed E-state index contributed by atoms with van der Waals surface area (Å²) in [7, 11) is 0. The van der Waals surface area contributed by atoms with Gasteiger partial charge >= 0.3 is 0 Å². The fourth-order valence-corrected chi connectivity index (χ4v) is 12.6. The van der Waals surface area contributed by atoms with Gasteiger partial charge in [-0.3, -0.25) is 0 Å². The first-order valence-electron chi connectivity index (χ1n) is 25.4. The van der Waals surface area contributed by atoms with E-state index >= 15 is 0 Å². The van der Waals surface area contributed by atoms with Gasteiger partial charge in [-0.2, -0.15) is 0 Å². The van der Waals surface area contributed by atoms with Crippen molar-refractivity contribution in [2.75, 3.05) is 14.7 Å². The molecule has 0 amide bonds. The molecule has 344 valence electrons. The highest BCUT2D eigenvalue weighted by atomic mass is 15.2. The predicted molar refractivity (Wildman–Crippen MR) is 294 cm³/mol. The van der Waals surface area contributed by atoms with Crippen LogP contribution in [0.25, 0.3) is 0 Å². The van der Waals surface area contributed by atoms with Crippen LogP contribution < -0.4 is 31.1 Å². The standard InChI is InChI=1S/C64H70BN3/c1-41-34-57-59-58(35-41)68(54-28-24-43(36-42(54)2)60(3,4)5)55-29-26-47(66(44-20-16-14-17-21-44)45-22-18-15-19-23-45)38-52(55)65(59)53-39-50-51(64(12,13)33-32-63(50,10)11)40-56(53)67(57)46-25-27-48-49(37-46)62(8,9)31-30-61(48,6)7/h14-29,34-40H,30-33H2,1-13H3. The summed E-state index contributed by atoms with van der Waals surface area (Å²) in [6.07, 6.45) is 4.71. The number of benzene rings is 7. The average molecular weight is 892 g/mol. The Kier molecular flexibility index (Phi) is 9.98. The number of nitrogens with zero attached hydrogens (tertiary/aromatic N) is 3. The fourth-order valence-electron chi connectivity index (χ4n) is 12.6. The lowest BCUT2D eigenvalue weighted by Gasteiger charge is -2.48. The number of rotatable bonds is 5. The molecule has 4 heteroatoms. The van der Waals surface area contributed by atoms with E-state index in [0.717, 1.165) is 17.1 Å². The lowest BCUT2D eigenvalue weighted by Crippen LogP contribution is -2.62. The van der Waals surface area contributed by atoms with Crippen LogP contribution in [0.5, 0.6) is 0 Å². The van der Waals surface area contributed by atoms with Gasteiger partial charge in [-0.05, 0) is 201 Å². The van der Waals surface area contributed by atoms with Gasteiger partial charge in [0.25, 0.3) is 6.71 Å². The average Bonchev–Trinajstić information content (AvgIpc) is 3.29. The Labute approximate surface area is 408 Å². The molecule has 0 unspecified atom stereocenters. The Morgan fingerprint density at radius 3 is 1.53 bits per heavy atom. The Morgan fingerprint density at radius 2 is 0.956 bits per heavy atom. The van der Waals surface area contributed by atoms with Crippen LogP contribution in [0.4, 0.5) is 51.2 Å². The third-order valence-corrected chi connectivity index (χ3v) is 16.9. The zero-order valence-corrected chi connectivity index (χ0v) is 43.0. The van der Waals surface area contributed by atoms with E-state index in [0.29, 0.717) is 0 Å². The molecule has 0 N–H and O–H groups in total. The Bertz CT molecular complexity index is 3110. The SMILES string of the molecule is Cc1cc2c3c(c1)N(c1ccc(C(C)(C)C)cc1C)c1ccc(N(c4ccccc4)c4ccccc4)cc1B3c1cc3c(cc1N2c1ccc2c(c1)C(C)(C)CCC2(C)C)C(C)(C)CCC3(C)C. The summed E-state index contributed by atoms with van der Waals surface area (Å²) in [5.41, 5.74) is 25.3. The minimum atomic E-state index is -0.0141. The van der Waals surface area contributed by atoms with Gasteiger partial charge in [-0.1, -0.05) is 137 Å². The smallest absolute Gasteiger partial charge is 0.252 e. The van der Waals surface area contributed by atoms with Crippen LogP contribution in [0.3, 0.4) is 0 Å². The molecule has 11 rings (SSSR count). The highest BCUT2D eigenvalue weighted by Gasteiger charge is 2.47. The van der Waals surface area contributed by atoms with Crippen molar-refractivity contribution in [2.45, 2.75) is 143 Å². The van der Waals surface area contributed by atoms with Crippen molar-refractivity contribution >= 4 is 74.3 Å². The lowest BCUT2D eigenvalue weighted by molar-refractivity contribution is 0.332. The van der Waals surface area contributed by atoms with Gasteiger partial charge in [0.2, 0.25) is 0 Å². The largest absolute Gasteiger partial charge is 0.311 e. The van der Waals surface area contributed by atoms with Crippen molar-refractivity contribution in [2.24, 2.45) is 0 Å². The summed E-state index contributed by atoms with van der Waals surface area (Å²) in [5, 5.41) is 0. The Morgan fingerprint density at radius 1 is 0.441 bits per heavy atom. The fraction of sp³-hybridized carbons (Fsp3) is 0.344. The summed E-state index contributed by atoms with van der Waals surface area (Å²) < 4.78 is 0. The van der Waals surface area contributed by atoms with Crippen LogP contribution >= 0.6 is 0 Å². The van der Waals surface area contributed by atoms with Crippen molar-refractivity contribution < 1.29 is 0 Å². The molecule has 0 radical (unpaired) electrons. The first-order valence-corrected chi connectivity index (χ1v) is 25.4. The number of para-hydroxylation sites is 2. The summed E-state index contributed by atoms with van der Waals surface area (Å²) in [6, 6.07) is 54.1. The molecule has 0 saturated heterocycles. The number of aryl methyl sites for hydroxylation is 2. The highest BCUT2D eigenvalue weighted by Crippen LogP contribution is 2.53. The van der Waals surface area contributed by atoms with E-state index in [4.69, 9.17) is 0 Å². The molecule has 2 heterocycles. The number of anilines is 9. The molecule has 4 aliphatic rings. The van der Waals surface area contributed by atoms with E-state index in [-0.39, 0.29) is 33.8 Å². The molecule has 7 aromatic rings. The second kappa shape index (κ2) is 15.3. The zero-order valence-electron chi connectivity index (χ0n) is 43.0. The van der Waals surface area contributed by atoms with E-state index in [1.165, 1.54) is 115 Å². The molecule has 0 bridgehead atoms. The maximum atomic E-state index is 2.69. The molecule has 0 saturated carbocycles. The molecular weight excluding hydrogens is 822 g/mol. The molecule has 7 aromatic carbocycles. The molecule has 3 nitrogen and oxygen atoms in total. The molecule has 2 aliphatic carbocycles. The van der Waals surface area contributed by atoms with Gasteiger partial charge in [-0.25, -0.2) is 0 Å². The number of hydrogen-bond acceptors (Lipinski definition) is 3. The first kappa shape index (κ1) is 44.5. The summed E-state index contributed by atoms with van der Waals surface area (Å²) in [6.45, 7) is 31.3. The van der Waals surface area contributed by atoms with Crippen LogP contribution in [0.15, 0.2) is 140 Å². The van der Waals surface area contributed by atoms with Crippen molar-refractivity contribution in [1.82, 2.24) is 0 Å². The normalized spacial score (nSPS) is 17.9. The monoisotopic (exact) mass is 892 g/mol. The summed E-state index contributed by atoms with van der Waals surface area (Å²) in [4.78, 5) is 7.74. The highest BCUT2D eigenvalue weighted by molar-refractivity contribution is 7.00. The topological polar surface area (TPSA) is 9.72 Å². The van der Waals surface area contributed by atoms with Crippen molar-refractivity contribution in [1.29, 1.82) is 0 Å². The van der Waals surface area contributed by atoms with Gasteiger partial charge in [0.15, 0.2) is 0 Å². The molecule has 0 aromatic heterocycles. The second-order valence-corrected chi connectivity index (χ2v) is 24.5. The van der Waals surface area contributed by atoms with Crippen LogP contribution in [0, 0.1) is 13.8 Å². The van der Waals surface area contributed by atoms with Gasteiger partial charge < -0.3 is 14.7 Å². The minimum absolute atomic E-state index is 0.0141. The van der Waals surface area contributed by atoms with Gasteiger partial charge in [-0.15, -0.1) is 0 Å². The molecule has 0 spiro atoms. The zero-order chi connectivity index (χ0) is 47.9. The summed E-state index contributed by atoms with van der Waals surface area (Å²) in [5.74, 6) is 0. The first-order chi connectivity index (χ1) is 32.1. The molecule has 68 heavy (non-hydrogen) atoms. The number of fused-ring (bicyclic) bond motifs is 6. The van der Waals surface area contributed by atoms with Crippen LogP contribution in [-0.2, 0) is 27.1 Å². The maximum absolute atomic E-state index is 2.69. The molecular formula is C64H70BN3. The molecule has 0 atom stereocenters. The Hall–Kier alpha value is -6.00. The van der Waals surface area contributed by atoms with E-state index in [1.54, 1.807) is 0 Å². The minimum Gasteiger partial charge on any atom is -0.311 e.